The molecule has 0 spiro atoms. The van der Waals surface area contributed by atoms with Gasteiger partial charge in [0, 0.05) is 23.6 Å². The third kappa shape index (κ3) is 4.64. The highest BCUT2D eigenvalue weighted by Crippen LogP contribution is 2.28. The van der Waals surface area contributed by atoms with Gasteiger partial charge in [-0.15, -0.1) is 0 Å². The number of carbonyl (C=O) groups excluding carboxylic acids is 1. The van der Waals surface area contributed by atoms with Gasteiger partial charge in [0.25, 0.3) is 5.91 Å². The lowest BCUT2D eigenvalue weighted by Crippen LogP contribution is -2.42. The number of rotatable bonds is 5. The fourth-order valence-electron chi connectivity index (χ4n) is 3.27. The number of nitrogens with one attached hydrogen (secondary N) is 1. The summed E-state index contributed by atoms with van der Waals surface area (Å²) >= 11 is 0. The normalized spacial score (nSPS) is 12.0. The van der Waals surface area contributed by atoms with Crippen LogP contribution >= 0.6 is 0 Å². The maximum Gasteiger partial charge on any atom is 0.267 e. The van der Waals surface area contributed by atoms with E-state index in [-0.39, 0.29) is 11.3 Å². The van der Waals surface area contributed by atoms with Gasteiger partial charge in [0.05, 0.1) is 0 Å². The molecule has 0 radical (unpaired) electrons. The second-order valence-electron chi connectivity index (χ2n) is 9.28. The average molecular weight is 430 g/mol. The largest absolute Gasteiger partial charge is 0.478 e. The lowest BCUT2D eigenvalue weighted by Gasteiger charge is -2.26. The predicted molar refractivity (Wildman–Crippen MR) is 126 cm³/mol. The van der Waals surface area contributed by atoms with Crippen LogP contribution in [0.25, 0.3) is 22.6 Å². The Morgan fingerprint density at radius 1 is 0.938 bits per heavy atom. The zero-order valence-corrected chi connectivity index (χ0v) is 19.0. The molecule has 0 saturated carbocycles. The lowest BCUT2D eigenvalue weighted by atomic mass is 9.87. The summed E-state index contributed by atoms with van der Waals surface area (Å²) in [7, 11) is 0. The number of fused-ring (bicyclic) bond motifs is 1. The Morgan fingerprint density at radius 3 is 2.28 bits per heavy atom. The number of hydrogen-bond acceptors (Lipinski definition) is 5. The van der Waals surface area contributed by atoms with Crippen LogP contribution in [0, 0.1) is 0 Å². The highest BCUT2D eigenvalue weighted by molar-refractivity contribution is 5.98. The van der Waals surface area contributed by atoms with Gasteiger partial charge in [0.1, 0.15) is 11.3 Å². The van der Waals surface area contributed by atoms with Crippen LogP contribution in [-0.4, -0.2) is 21.5 Å². The number of oxazole rings is 1. The molecule has 0 fully saturated rings. The number of pyridine rings is 1. The molecule has 0 bridgehead atoms. The van der Waals surface area contributed by atoms with E-state index in [1.807, 2.05) is 36.4 Å². The van der Waals surface area contributed by atoms with Crippen molar-refractivity contribution in [2.45, 2.75) is 45.6 Å². The number of ether oxygens (including phenoxy) is 1. The van der Waals surface area contributed by atoms with E-state index >= 15 is 0 Å². The summed E-state index contributed by atoms with van der Waals surface area (Å²) in [6.07, 6.45) is 3.38. The molecule has 0 aliphatic heterocycles. The molecule has 32 heavy (non-hydrogen) atoms. The minimum atomic E-state index is -1.07. The summed E-state index contributed by atoms with van der Waals surface area (Å²) in [5.74, 6) is 0.898. The van der Waals surface area contributed by atoms with E-state index in [4.69, 9.17) is 9.15 Å². The van der Waals surface area contributed by atoms with Crippen LogP contribution in [0.5, 0.6) is 5.75 Å². The molecule has 1 N–H and O–H groups in total. The van der Waals surface area contributed by atoms with E-state index in [0.29, 0.717) is 28.4 Å². The van der Waals surface area contributed by atoms with E-state index in [0.717, 1.165) is 5.56 Å². The molecule has 4 rings (SSSR count). The molecule has 4 aromatic rings. The number of aromatic nitrogens is 2. The minimum Gasteiger partial charge on any atom is -0.478 e. The second-order valence-corrected chi connectivity index (χ2v) is 9.28. The van der Waals surface area contributed by atoms with E-state index < -0.39 is 5.60 Å². The summed E-state index contributed by atoms with van der Waals surface area (Å²) in [6.45, 7) is 9.97. The number of anilines is 1. The Hall–Kier alpha value is -3.67. The first-order valence-corrected chi connectivity index (χ1v) is 10.5. The summed E-state index contributed by atoms with van der Waals surface area (Å²) in [5.41, 5.74) is 2.97. The van der Waals surface area contributed by atoms with Crippen LogP contribution < -0.4 is 10.1 Å². The van der Waals surface area contributed by atoms with Crippen LogP contribution in [0.2, 0.25) is 0 Å². The monoisotopic (exact) mass is 429 g/mol. The molecule has 0 atom stereocenters. The standard InChI is InChI=1S/C26H27N3O3/c1-25(2,3)18-6-9-20(10-7-18)32-26(4,5)24(30)28-19-8-11-22-21(16-19)29-23(31-22)17-12-14-27-15-13-17/h6-16H,1-5H3,(H,28,30). The molecule has 6 heteroatoms. The first kappa shape index (κ1) is 21.6. The molecule has 1 amide bonds. The maximum absolute atomic E-state index is 12.9. The predicted octanol–water partition coefficient (Wildman–Crippen LogP) is 5.98. The van der Waals surface area contributed by atoms with Crippen molar-refractivity contribution in [3.63, 3.8) is 0 Å². The van der Waals surface area contributed by atoms with Gasteiger partial charge in [0.2, 0.25) is 5.89 Å². The fourth-order valence-corrected chi connectivity index (χ4v) is 3.27. The third-order valence-corrected chi connectivity index (χ3v) is 5.21. The highest BCUT2D eigenvalue weighted by Gasteiger charge is 2.30. The van der Waals surface area contributed by atoms with Gasteiger partial charge in [-0.25, -0.2) is 4.98 Å². The van der Waals surface area contributed by atoms with Crippen molar-refractivity contribution in [1.82, 2.24) is 9.97 Å². The first-order chi connectivity index (χ1) is 15.1. The number of benzene rings is 2. The Morgan fingerprint density at radius 2 is 1.62 bits per heavy atom. The van der Waals surface area contributed by atoms with Crippen molar-refractivity contribution in [1.29, 1.82) is 0 Å². The van der Waals surface area contributed by atoms with Crippen molar-refractivity contribution < 1.29 is 13.9 Å². The summed E-state index contributed by atoms with van der Waals surface area (Å²) < 4.78 is 11.8. The Balaban J connectivity index is 1.48. The van der Waals surface area contributed by atoms with Gasteiger partial charge < -0.3 is 14.5 Å². The fraction of sp³-hybridized carbons (Fsp3) is 0.269. The van der Waals surface area contributed by atoms with Gasteiger partial charge in [-0.05, 0) is 67.3 Å². The van der Waals surface area contributed by atoms with E-state index in [1.54, 1.807) is 44.4 Å². The van der Waals surface area contributed by atoms with Crippen LogP contribution in [0.15, 0.2) is 71.4 Å². The molecule has 164 valence electrons. The van der Waals surface area contributed by atoms with E-state index in [2.05, 4.69) is 36.1 Å². The molecule has 0 saturated heterocycles. The molecule has 0 aliphatic carbocycles. The maximum atomic E-state index is 12.9. The van der Waals surface area contributed by atoms with E-state index in [1.165, 1.54) is 5.56 Å². The molecule has 2 aromatic heterocycles. The number of nitrogens with zero attached hydrogens (tertiary/aromatic N) is 2. The Labute approximate surface area is 187 Å². The van der Waals surface area contributed by atoms with Crippen LogP contribution in [-0.2, 0) is 10.2 Å². The quantitative estimate of drug-likeness (QED) is 0.422. The van der Waals surface area contributed by atoms with Crippen LogP contribution in [0.3, 0.4) is 0 Å². The van der Waals surface area contributed by atoms with Gasteiger partial charge in [-0.1, -0.05) is 32.9 Å². The molecular weight excluding hydrogens is 402 g/mol. The zero-order valence-electron chi connectivity index (χ0n) is 19.0. The molecule has 0 aliphatic rings. The minimum absolute atomic E-state index is 0.0580. The van der Waals surface area contributed by atoms with Crippen molar-refractivity contribution in [3.8, 4) is 17.2 Å². The SMILES string of the molecule is CC(C)(Oc1ccc(C(C)(C)C)cc1)C(=O)Nc1ccc2oc(-c3ccncc3)nc2c1. The molecule has 0 unspecified atom stereocenters. The van der Waals surface area contributed by atoms with Crippen molar-refractivity contribution in [2.75, 3.05) is 5.32 Å². The Bertz CT molecular complexity index is 1240. The topological polar surface area (TPSA) is 77.2 Å². The van der Waals surface area contributed by atoms with Crippen molar-refractivity contribution >= 4 is 22.7 Å². The second kappa shape index (κ2) is 8.11. The van der Waals surface area contributed by atoms with Crippen LogP contribution in [0.1, 0.15) is 40.2 Å². The highest BCUT2D eigenvalue weighted by atomic mass is 16.5. The smallest absolute Gasteiger partial charge is 0.267 e. The Kier molecular flexibility index (Phi) is 5.46. The first-order valence-electron chi connectivity index (χ1n) is 10.5. The van der Waals surface area contributed by atoms with Gasteiger partial charge in [0.15, 0.2) is 11.2 Å². The number of hydrogen-bond donors (Lipinski definition) is 1. The lowest BCUT2D eigenvalue weighted by molar-refractivity contribution is -0.128. The molecule has 6 nitrogen and oxygen atoms in total. The van der Waals surface area contributed by atoms with Crippen molar-refractivity contribution in [2.24, 2.45) is 0 Å². The summed E-state index contributed by atoms with van der Waals surface area (Å²) in [6, 6.07) is 16.9. The molecule has 2 heterocycles. The van der Waals surface area contributed by atoms with Gasteiger partial charge in [-0.2, -0.15) is 0 Å². The number of carbonyl (C=O) groups is 1. The van der Waals surface area contributed by atoms with Crippen LogP contribution in [0.4, 0.5) is 5.69 Å². The number of amides is 1. The average Bonchev–Trinajstić information content (AvgIpc) is 3.17. The third-order valence-electron chi connectivity index (χ3n) is 5.21. The molecular formula is C26H27N3O3. The zero-order chi connectivity index (χ0) is 22.9. The van der Waals surface area contributed by atoms with E-state index in [9.17, 15) is 4.79 Å². The summed E-state index contributed by atoms with van der Waals surface area (Å²) in [5, 5.41) is 2.92. The molecule has 2 aromatic carbocycles. The van der Waals surface area contributed by atoms with Crippen molar-refractivity contribution in [3.05, 3.63) is 72.6 Å². The summed E-state index contributed by atoms with van der Waals surface area (Å²) in [4.78, 5) is 21.5. The van der Waals surface area contributed by atoms with Gasteiger partial charge in [-0.3, -0.25) is 9.78 Å². The van der Waals surface area contributed by atoms with Gasteiger partial charge >= 0.3 is 0 Å².